The van der Waals surface area contributed by atoms with Gasteiger partial charge in [0.25, 0.3) is 10.0 Å². The molecule has 0 amide bonds. The number of benzene rings is 1. The Kier molecular flexibility index (Phi) is 3.54. The average molecular weight is 309 g/mol. The zero-order valence-corrected chi connectivity index (χ0v) is 12.5. The van der Waals surface area contributed by atoms with E-state index in [1.54, 1.807) is 11.4 Å². The second-order valence-electron chi connectivity index (χ2n) is 4.68. The normalized spacial score (nSPS) is 15.2. The highest BCUT2D eigenvalue weighted by Gasteiger charge is 2.30. The number of hydrogen-bond acceptors (Lipinski definition) is 4. The molecule has 0 aliphatic carbocycles. The summed E-state index contributed by atoms with van der Waals surface area (Å²) in [4.78, 5) is 0.717. The molecular weight excluding hydrogens is 294 g/mol. The molecule has 2 heterocycles. The molecule has 1 aliphatic heterocycles. The molecule has 0 fully saturated rings. The summed E-state index contributed by atoms with van der Waals surface area (Å²) in [5.74, 6) is 0. The molecule has 1 aliphatic rings. The van der Waals surface area contributed by atoms with Crippen LogP contribution in [0.4, 0.5) is 5.69 Å². The summed E-state index contributed by atoms with van der Waals surface area (Å²) in [6.45, 7) is 0.238. The summed E-state index contributed by atoms with van der Waals surface area (Å²) in [6.07, 6.45) is 1.72. The van der Waals surface area contributed by atoms with Crippen molar-refractivity contribution in [3.8, 4) is 0 Å². The molecule has 106 valence electrons. The Morgan fingerprint density at radius 1 is 1.25 bits per heavy atom. The molecule has 0 bridgehead atoms. The number of para-hydroxylation sites is 1. The van der Waals surface area contributed by atoms with Gasteiger partial charge in [0.15, 0.2) is 0 Å². The second kappa shape index (κ2) is 5.20. The van der Waals surface area contributed by atoms with Crippen LogP contribution in [0.3, 0.4) is 0 Å². The standard InChI is InChI=1S/C14H15NO3S2/c16-10-13-14(7-9-19-13)20(17,18)15-8-3-5-11-4-1-2-6-12(11)15/h1-2,4,6-7,9,16H,3,5,8,10H2. The number of anilines is 1. The molecule has 0 saturated heterocycles. The van der Waals surface area contributed by atoms with E-state index < -0.39 is 10.0 Å². The number of aryl methyl sites for hydroxylation is 1. The zero-order chi connectivity index (χ0) is 14.2. The largest absolute Gasteiger partial charge is 0.391 e. The Hall–Kier alpha value is -1.37. The maximum absolute atomic E-state index is 12.8. The third kappa shape index (κ3) is 2.13. The fourth-order valence-corrected chi connectivity index (χ4v) is 5.35. The molecule has 1 aromatic heterocycles. The molecular formula is C14H15NO3S2. The predicted molar refractivity (Wildman–Crippen MR) is 79.5 cm³/mol. The van der Waals surface area contributed by atoms with Crippen LogP contribution in [0.5, 0.6) is 0 Å². The Bertz CT molecular complexity index is 722. The molecule has 0 spiro atoms. The van der Waals surface area contributed by atoms with Crippen LogP contribution in [0.15, 0.2) is 40.6 Å². The van der Waals surface area contributed by atoms with E-state index in [1.165, 1.54) is 15.6 Å². The minimum absolute atomic E-state index is 0.224. The predicted octanol–water partition coefficient (Wildman–Crippen LogP) is 2.38. The van der Waals surface area contributed by atoms with Gasteiger partial charge in [-0.25, -0.2) is 8.42 Å². The van der Waals surface area contributed by atoms with E-state index in [9.17, 15) is 13.5 Å². The lowest BCUT2D eigenvalue weighted by Crippen LogP contribution is -2.35. The number of aliphatic hydroxyl groups is 1. The van der Waals surface area contributed by atoms with Gasteiger partial charge in [-0.05, 0) is 35.9 Å². The summed E-state index contributed by atoms with van der Waals surface area (Å²) < 4.78 is 27.1. The number of fused-ring (bicyclic) bond motifs is 1. The SMILES string of the molecule is O=S(=O)(c1ccsc1CO)N1CCCc2ccccc21. The van der Waals surface area contributed by atoms with E-state index in [0.29, 0.717) is 11.4 Å². The van der Waals surface area contributed by atoms with Gasteiger partial charge in [-0.1, -0.05) is 18.2 Å². The van der Waals surface area contributed by atoms with E-state index in [4.69, 9.17) is 0 Å². The van der Waals surface area contributed by atoms with E-state index in [2.05, 4.69) is 0 Å². The Morgan fingerprint density at radius 2 is 2.05 bits per heavy atom. The molecule has 20 heavy (non-hydrogen) atoms. The van der Waals surface area contributed by atoms with Gasteiger partial charge >= 0.3 is 0 Å². The summed E-state index contributed by atoms with van der Waals surface area (Å²) in [5, 5.41) is 11.0. The van der Waals surface area contributed by atoms with Gasteiger partial charge in [-0.3, -0.25) is 4.31 Å². The molecule has 0 unspecified atom stereocenters. The quantitative estimate of drug-likeness (QED) is 0.947. The number of thiophene rings is 1. The Labute approximate surface area is 122 Å². The van der Waals surface area contributed by atoms with Crippen molar-refractivity contribution < 1.29 is 13.5 Å². The highest BCUT2D eigenvalue weighted by atomic mass is 32.2. The number of aliphatic hydroxyl groups excluding tert-OH is 1. The maximum atomic E-state index is 12.8. The van der Waals surface area contributed by atoms with Crippen molar-refractivity contribution in [3.63, 3.8) is 0 Å². The lowest BCUT2D eigenvalue weighted by atomic mass is 10.0. The minimum atomic E-state index is -3.59. The van der Waals surface area contributed by atoms with E-state index in [1.807, 2.05) is 24.3 Å². The van der Waals surface area contributed by atoms with Gasteiger partial charge in [-0.15, -0.1) is 11.3 Å². The van der Waals surface area contributed by atoms with Gasteiger partial charge in [0.1, 0.15) is 4.90 Å². The first-order chi connectivity index (χ1) is 9.64. The summed E-state index contributed by atoms with van der Waals surface area (Å²) in [6, 6.07) is 9.17. The highest BCUT2D eigenvalue weighted by molar-refractivity contribution is 7.93. The van der Waals surface area contributed by atoms with Crippen molar-refractivity contribution >= 4 is 27.0 Å². The van der Waals surface area contributed by atoms with E-state index >= 15 is 0 Å². The summed E-state index contributed by atoms with van der Waals surface area (Å²) in [7, 11) is -3.59. The highest BCUT2D eigenvalue weighted by Crippen LogP contribution is 2.33. The van der Waals surface area contributed by atoms with E-state index in [-0.39, 0.29) is 11.5 Å². The van der Waals surface area contributed by atoms with Crippen molar-refractivity contribution in [2.75, 3.05) is 10.8 Å². The first-order valence-corrected chi connectivity index (χ1v) is 8.74. The molecule has 1 N–H and O–H groups in total. The van der Waals surface area contributed by atoms with Crippen LogP contribution < -0.4 is 4.31 Å². The van der Waals surface area contributed by atoms with Gasteiger partial charge in [-0.2, -0.15) is 0 Å². The molecule has 1 aromatic carbocycles. The number of nitrogens with zero attached hydrogens (tertiary/aromatic N) is 1. The Balaban J connectivity index is 2.10. The van der Waals surface area contributed by atoms with E-state index in [0.717, 1.165) is 24.1 Å². The van der Waals surface area contributed by atoms with Crippen LogP contribution in [0.1, 0.15) is 16.9 Å². The molecule has 6 heteroatoms. The second-order valence-corrected chi connectivity index (χ2v) is 7.51. The average Bonchev–Trinajstić information content (AvgIpc) is 2.96. The van der Waals surface area contributed by atoms with Crippen LogP contribution >= 0.6 is 11.3 Å². The van der Waals surface area contributed by atoms with Gasteiger partial charge < -0.3 is 5.11 Å². The van der Waals surface area contributed by atoms with Crippen molar-refractivity contribution in [2.24, 2.45) is 0 Å². The Morgan fingerprint density at radius 3 is 2.85 bits per heavy atom. The fraction of sp³-hybridized carbons (Fsp3) is 0.286. The first-order valence-electron chi connectivity index (χ1n) is 6.42. The lowest BCUT2D eigenvalue weighted by Gasteiger charge is -2.30. The van der Waals surface area contributed by atoms with Crippen molar-refractivity contribution in [1.29, 1.82) is 0 Å². The summed E-state index contributed by atoms with van der Waals surface area (Å²) >= 11 is 1.27. The fourth-order valence-electron chi connectivity index (χ4n) is 2.54. The topological polar surface area (TPSA) is 57.6 Å². The van der Waals surface area contributed by atoms with Crippen molar-refractivity contribution in [1.82, 2.24) is 0 Å². The van der Waals surface area contributed by atoms with Crippen molar-refractivity contribution in [2.45, 2.75) is 24.3 Å². The van der Waals surface area contributed by atoms with Crippen LogP contribution in [-0.4, -0.2) is 20.1 Å². The van der Waals surface area contributed by atoms with Gasteiger partial charge in [0.2, 0.25) is 0 Å². The third-order valence-electron chi connectivity index (χ3n) is 3.48. The van der Waals surface area contributed by atoms with Crippen molar-refractivity contribution in [3.05, 3.63) is 46.2 Å². The van der Waals surface area contributed by atoms with Crippen LogP contribution in [-0.2, 0) is 23.1 Å². The third-order valence-corrected chi connectivity index (χ3v) is 6.42. The number of rotatable bonds is 3. The molecule has 3 rings (SSSR count). The summed E-state index contributed by atoms with van der Waals surface area (Å²) in [5.41, 5.74) is 1.82. The molecule has 0 radical (unpaired) electrons. The van der Waals surface area contributed by atoms with Gasteiger partial charge in [0, 0.05) is 6.54 Å². The maximum Gasteiger partial charge on any atom is 0.265 e. The van der Waals surface area contributed by atoms with Crippen LogP contribution in [0.2, 0.25) is 0 Å². The first kappa shape index (κ1) is 13.6. The zero-order valence-electron chi connectivity index (χ0n) is 10.8. The molecule has 0 atom stereocenters. The monoisotopic (exact) mass is 309 g/mol. The molecule has 0 saturated carbocycles. The smallest absolute Gasteiger partial charge is 0.265 e. The number of sulfonamides is 1. The van der Waals surface area contributed by atoms with Gasteiger partial charge in [0.05, 0.1) is 17.2 Å². The lowest BCUT2D eigenvalue weighted by molar-refractivity contribution is 0.282. The molecule has 4 nitrogen and oxygen atoms in total. The number of hydrogen-bond donors (Lipinski definition) is 1. The minimum Gasteiger partial charge on any atom is -0.391 e. The van der Waals surface area contributed by atoms with Crippen LogP contribution in [0, 0.1) is 0 Å². The molecule has 2 aromatic rings. The van der Waals surface area contributed by atoms with Crippen LogP contribution in [0.25, 0.3) is 0 Å².